The molecule has 1 saturated heterocycles. The Bertz CT molecular complexity index is 891. The Kier molecular flexibility index (Phi) is 3.91. The van der Waals surface area contributed by atoms with Gasteiger partial charge in [0, 0.05) is 31.3 Å². The van der Waals surface area contributed by atoms with Gasteiger partial charge >= 0.3 is 0 Å². The number of carbonyl (C=O) groups is 1. The molecular weight excluding hydrogens is 338 g/mol. The smallest absolute Gasteiger partial charge is 0.226 e. The van der Waals surface area contributed by atoms with E-state index in [9.17, 15) is 13.2 Å². The summed E-state index contributed by atoms with van der Waals surface area (Å²) >= 11 is 0. The molecule has 3 atom stereocenters. The molecule has 0 bridgehead atoms. The summed E-state index contributed by atoms with van der Waals surface area (Å²) in [7, 11) is -1.35. The Balaban J connectivity index is 1.56. The highest BCUT2D eigenvalue weighted by Crippen LogP contribution is 2.49. The average Bonchev–Trinajstić information content (AvgIpc) is 3.28. The molecule has 0 radical (unpaired) electrons. The monoisotopic (exact) mass is 359 g/mol. The van der Waals surface area contributed by atoms with Crippen LogP contribution in [-0.4, -0.2) is 47.1 Å². The molecule has 1 aliphatic carbocycles. The lowest BCUT2D eigenvalue weighted by Gasteiger charge is -2.35. The van der Waals surface area contributed by atoms with Gasteiger partial charge in [-0.25, -0.2) is 8.42 Å². The van der Waals surface area contributed by atoms with E-state index in [2.05, 4.69) is 17.2 Å². The number of benzene rings is 1. The van der Waals surface area contributed by atoms with E-state index < -0.39 is 15.9 Å². The maximum Gasteiger partial charge on any atom is 0.226 e. The third kappa shape index (κ3) is 3.20. The Labute approximate surface area is 147 Å². The number of sulfone groups is 1. The van der Waals surface area contributed by atoms with Gasteiger partial charge in [-0.3, -0.25) is 9.48 Å². The van der Waals surface area contributed by atoms with Crippen molar-refractivity contribution in [2.45, 2.75) is 18.4 Å². The zero-order valence-electron chi connectivity index (χ0n) is 14.1. The quantitative estimate of drug-likeness (QED) is 0.833. The highest BCUT2D eigenvalue weighted by molar-refractivity contribution is 7.91. The van der Waals surface area contributed by atoms with Crippen LogP contribution >= 0.6 is 0 Å². The molecule has 1 aromatic carbocycles. The maximum atomic E-state index is 13.0. The van der Waals surface area contributed by atoms with Gasteiger partial charge in [-0.1, -0.05) is 30.3 Å². The van der Waals surface area contributed by atoms with Crippen molar-refractivity contribution in [3.63, 3.8) is 0 Å². The maximum absolute atomic E-state index is 13.0. The SMILES string of the molecule is Cn1cc(C2CS(=O)(=O)CCN2C(=O)C2CC2c2ccccc2)cn1. The van der Waals surface area contributed by atoms with E-state index in [0.717, 1.165) is 12.0 Å². The summed E-state index contributed by atoms with van der Waals surface area (Å²) in [5.41, 5.74) is 1.97. The highest BCUT2D eigenvalue weighted by atomic mass is 32.2. The molecule has 0 spiro atoms. The Morgan fingerprint density at radius 1 is 1.20 bits per heavy atom. The predicted molar refractivity (Wildman–Crippen MR) is 93.6 cm³/mol. The standard InChI is InChI=1S/C18H21N3O3S/c1-20-11-14(10-19-20)17-12-25(23,24)8-7-21(17)18(22)16-9-15(16)13-5-3-2-4-6-13/h2-6,10-11,15-17H,7-9,12H2,1H3. The normalized spacial score (nSPS) is 27.9. The number of hydrogen-bond donors (Lipinski definition) is 0. The molecule has 132 valence electrons. The minimum atomic E-state index is -3.14. The van der Waals surface area contributed by atoms with Gasteiger partial charge in [0.15, 0.2) is 9.84 Å². The van der Waals surface area contributed by atoms with E-state index in [4.69, 9.17) is 0 Å². The zero-order valence-corrected chi connectivity index (χ0v) is 14.9. The van der Waals surface area contributed by atoms with Gasteiger partial charge < -0.3 is 4.90 Å². The van der Waals surface area contributed by atoms with Crippen LogP contribution in [-0.2, 0) is 21.7 Å². The molecular formula is C18H21N3O3S. The zero-order chi connectivity index (χ0) is 17.6. The Morgan fingerprint density at radius 2 is 1.96 bits per heavy atom. The lowest BCUT2D eigenvalue weighted by molar-refractivity contribution is -0.134. The lowest BCUT2D eigenvalue weighted by atomic mass is 10.1. The van der Waals surface area contributed by atoms with Crippen molar-refractivity contribution in [2.75, 3.05) is 18.1 Å². The number of amides is 1. The first-order valence-electron chi connectivity index (χ1n) is 8.49. The molecule has 1 aliphatic heterocycles. The summed E-state index contributed by atoms with van der Waals surface area (Å²) in [6.45, 7) is 0.263. The molecule has 2 aromatic rings. The molecule has 2 heterocycles. The number of hydrogen-bond acceptors (Lipinski definition) is 4. The Morgan fingerprint density at radius 3 is 2.64 bits per heavy atom. The molecule has 1 aromatic heterocycles. The van der Waals surface area contributed by atoms with E-state index in [1.54, 1.807) is 29.0 Å². The number of aromatic nitrogens is 2. The van der Waals surface area contributed by atoms with E-state index in [1.807, 2.05) is 18.2 Å². The van der Waals surface area contributed by atoms with Crippen LogP contribution in [0.25, 0.3) is 0 Å². The topological polar surface area (TPSA) is 72.3 Å². The summed E-state index contributed by atoms with van der Waals surface area (Å²) in [6, 6.07) is 9.62. The second kappa shape index (κ2) is 5.98. The van der Waals surface area contributed by atoms with Crippen LogP contribution in [0.4, 0.5) is 0 Å². The largest absolute Gasteiger partial charge is 0.333 e. The molecule has 1 saturated carbocycles. The Hall–Kier alpha value is -2.15. The van der Waals surface area contributed by atoms with Gasteiger partial charge in [0.05, 0.1) is 23.7 Å². The number of aryl methyl sites for hydroxylation is 1. The molecule has 0 N–H and O–H groups in total. The lowest BCUT2D eigenvalue weighted by Crippen LogP contribution is -2.46. The van der Waals surface area contributed by atoms with E-state index in [1.165, 1.54) is 5.56 Å². The van der Waals surface area contributed by atoms with Crippen LogP contribution in [0.2, 0.25) is 0 Å². The van der Waals surface area contributed by atoms with Crippen molar-refractivity contribution in [3.05, 3.63) is 53.9 Å². The van der Waals surface area contributed by atoms with Gasteiger partial charge in [0.1, 0.15) is 0 Å². The second-order valence-corrected chi connectivity index (χ2v) is 9.20. The summed E-state index contributed by atoms with van der Waals surface area (Å²) in [4.78, 5) is 14.8. The van der Waals surface area contributed by atoms with Gasteiger partial charge in [-0.15, -0.1) is 0 Å². The molecule has 2 aliphatic rings. The van der Waals surface area contributed by atoms with Gasteiger partial charge in [-0.2, -0.15) is 5.10 Å². The van der Waals surface area contributed by atoms with E-state index in [-0.39, 0.29) is 35.8 Å². The average molecular weight is 359 g/mol. The molecule has 1 amide bonds. The van der Waals surface area contributed by atoms with Crippen LogP contribution in [0.15, 0.2) is 42.7 Å². The predicted octanol–water partition coefficient (Wildman–Crippen LogP) is 1.52. The van der Waals surface area contributed by atoms with Crippen molar-refractivity contribution in [2.24, 2.45) is 13.0 Å². The van der Waals surface area contributed by atoms with Crippen molar-refractivity contribution in [3.8, 4) is 0 Å². The summed E-state index contributed by atoms with van der Waals surface area (Å²) < 4.78 is 25.9. The fourth-order valence-corrected chi connectivity index (χ4v) is 5.20. The molecule has 4 rings (SSSR count). The first-order chi connectivity index (χ1) is 11.9. The second-order valence-electron chi connectivity index (χ2n) is 6.97. The van der Waals surface area contributed by atoms with Crippen molar-refractivity contribution in [1.82, 2.24) is 14.7 Å². The number of carbonyl (C=O) groups excluding carboxylic acids is 1. The third-order valence-corrected chi connectivity index (χ3v) is 6.79. The molecule has 7 heteroatoms. The summed E-state index contributed by atoms with van der Waals surface area (Å²) in [5, 5.41) is 4.14. The van der Waals surface area contributed by atoms with Crippen LogP contribution in [0.1, 0.15) is 29.5 Å². The van der Waals surface area contributed by atoms with E-state index >= 15 is 0 Å². The third-order valence-electron chi connectivity index (χ3n) is 5.16. The van der Waals surface area contributed by atoms with Crippen LogP contribution in [0.5, 0.6) is 0 Å². The van der Waals surface area contributed by atoms with Gasteiger partial charge in [0.25, 0.3) is 0 Å². The first-order valence-corrected chi connectivity index (χ1v) is 10.3. The summed E-state index contributed by atoms with van der Waals surface area (Å²) in [6.07, 6.45) is 4.30. The van der Waals surface area contributed by atoms with E-state index in [0.29, 0.717) is 0 Å². The summed E-state index contributed by atoms with van der Waals surface area (Å²) in [5.74, 6) is 0.299. The number of nitrogens with zero attached hydrogens (tertiary/aromatic N) is 3. The fraction of sp³-hybridized carbons (Fsp3) is 0.444. The first kappa shape index (κ1) is 16.3. The van der Waals surface area contributed by atoms with Crippen LogP contribution in [0.3, 0.4) is 0 Å². The van der Waals surface area contributed by atoms with Crippen molar-refractivity contribution >= 4 is 15.7 Å². The van der Waals surface area contributed by atoms with Crippen molar-refractivity contribution < 1.29 is 13.2 Å². The van der Waals surface area contributed by atoms with Crippen LogP contribution < -0.4 is 0 Å². The van der Waals surface area contributed by atoms with Gasteiger partial charge in [-0.05, 0) is 17.9 Å². The molecule has 25 heavy (non-hydrogen) atoms. The minimum absolute atomic E-state index is 0.0207. The minimum Gasteiger partial charge on any atom is -0.333 e. The fourth-order valence-electron chi connectivity index (χ4n) is 3.71. The molecule has 2 fully saturated rings. The molecule has 3 unspecified atom stereocenters. The number of rotatable bonds is 3. The molecule has 6 nitrogen and oxygen atoms in total. The van der Waals surface area contributed by atoms with Crippen LogP contribution in [0, 0.1) is 5.92 Å². The van der Waals surface area contributed by atoms with Gasteiger partial charge in [0.2, 0.25) is 5.91 Å². The highest BCUT2D eigenvalue weighted by Gasteiger charge is 2.48. The van der Waals surface area contributed by atoms with Crippen molar-refractivity contribution in [1.29, 1.82) is 0 Å².